The molecule has 0 spiro atoms. The number of fused-ring (bicyclic) bond motifs is 1. The van der Waals surface area contributed by atoms with Crippen LogP contribution in [0.2, 0.25) is 0 Å². The van der Waals surface area contributed by atoms with Crippen LogP contribution in [-0.4, -0.2) is 55.4 Å². The Morgan fingerprint density at radius 2 is 1.89 bits per heavy atom. The minimum Gasteiger partial charge on any atom is -0.368 e. The molecule has 1 saturated heterocycles. The Bertz CT molecular complexity index is 1430. The molecule has 1 aliphatic rings. The van der Waals surface area contributed by atoms with Crippen molar-refractivity contribution < 1.29 is 17.6 Å². The maximum absolute atomic E-state index is 14.2. The van der Waals surface area contributed by atoms with Crippen LogP contribution in [0.5, 0.6) is 0 Å². The van der Waals surface area contributed by atoms with Gasteiger partial charge in [0.1, 0.15) is 5.82 Å². The molecular weight excluding hydrogens is 489 g/mol. The lowest BCUT2D eigenvalue weighted by atomic mass is 10.1. The fourth-order valence-electron chi connectivity index (χ4n) is 4.30. The third kappa shape index (κ3) is 5.01. The summed E-state index contributed by atoms with van der Waals surface area (Å²) >= 11 is 1.22. The van der Waals surface area contributed by atoms with Crippen LogP contribution in [0.3, 0.4) is 0 Å². The maximum Gasteiger partial charge on any atom is 0.263 e. The molecule has 2 N–H and O–H groups in total. The van der Waals surface area contributed by atoms with Gasteiger partial charge in [0.05, 0.1) is 4.90 Å². The zero-order chi connectivity index (χ0) is 24.4. The number of aryl methyl sites for hydroxylation is 1. The first-order valence-corrected chi connectivity index (χ1v) is 13.6. The molecule has 35 heavy (non-hydrogen) atoms. The number of hydrogen-bond donors (Lipinski definition) is 2. The maximum atomic E-state index is 14.2. The average Bonchev–Trinajstić information content (AvgIpc) is 3.53. The first-order chi connectivity index (χ1) is 16.9. The van der Waals surface area contributed by atoms with Gasteiger partial charge in [-0.2, -0.15) is 0 Å². The van der Waals surface area contributed by atoms with Gasteiger partial charge in [0.2, 0.25) is 5.91 Å². The number of nitrogens with one attached hydrogen (secondary N) is 2. The standard InChI is InChI=1S/C24H24FN5O3S2/c25-20-2-1-3-21-23(20)17(16-27-21)4-9-22(31)30-13-11-29(12-14-30)18-5-7-19(8-6-18)35(32,33)28-24-26-10-15-34-24/h1-3,5-8,10,15-16,27H,4,9,11-14H2,(H,26,28). The van der Waals surface area contributed by atoms with Crippen LogP contribution in [0.25, 0.3) is 10.9 Å². The highest BCUT2D eigenvalue weighted by Gasteiger charge is 2.22. The monoisotopic (exact) mass is 513 g/mol. The van der Waals surface area contributed by atoms with Crippen LogP contribution in [0.1, 0.15) is 12.0 Å². The van der Waals surface area contributed by atoms with E-state index >= 15 is 0 Å². The molecule has 4 aromatic rings. The lowest BCUT2D eigenvalue weighted by Gasteiger charge is -2.36. The van der Waals surface area contributed by atoms with Gasteiger partial charge in [-0.25, -0.2) is 17.8 Å². The Balaban J connectivity index is 1.15. The molecule has 0 radical (unpaired) electrons. The van der Waals surface area contributed by atoms with E-state index in [0.717, 1.165) is 16.8 Å². The number of aromatic amines is 1. The van der Waals surface area contributed by atoms with Gasteiger partial charge >= 0.3 is 0 Å². The van der Waals surface area contributed by atoms with Gasteiger partial charge in [0.15, 0.2) is 5.13 Å². The second kappa shape index (κ2) is 9.67. The Morgan fingerprint density at radius 1 is 1.11 bits per heavy atom. The smallest absolute Gasteiger partial charge is 0.263 e. The van der Waals surface area contributed by atoms with Gasteiger partial charge < -0.3 is 14.8 Å². The van der Waals surface area contributed by atoms with Crippen molar-refractivity contribution in [1.82, 2.24) is 14.9 Å². The van der Waals surface area contributed by atoms with E-state index in [-0.39, 0.29) is 16.6 Å². The molecule has 1 fully saturated rings. The highest BCUT2D eigenvalue weighted by molar-refractivity contribution is 7.93. The number of rotatable bonds is 7. The van der Waals surface area contributed by atoms with E-state index in [2.05, 4.69) is 19.6 Å². The van der Waals surface area contributed by atoms with Gasteiger partial charge in [-0.05, 0) is 48.4 Å². The number of halogens is 1. The topological polar surface area (TPSA) is 98.4 Å². The predicted octanol–water partition coefficient (Wildman–Crippen LogP) is 3.85. The number of aromatic nitrogens is 2. The van der Waals surface area contributed by atoms with Crippen LogP contribution >= 0.6 is 11.3 Å². The Morgan fingerprint density at radius 3 is 2.60 bits per heavy atom. The van der Waals surface area contributed by atoms with E-state index < -0.39 is 10.0 Å². The molecule has 182 valence electrons. The summed E-state index contributed by atoms with van der Waals surface area (Å²) in [4.78, 5) is 23.9. The van der Waals surface area contributed by atoms with Crippen LogP contribution in [0, 0.1) is 5.82 Å². The summed E-state index contributed by atoms with van der Waals surface area (Å²) in [6.07, 6.45) is 4.11. The number of anilines is 2. The summed E-state index contributed by atoms with van der Waals surface area (Å²) < 4.78 is 41.7. The number of nitrogens with zero attached hydrogens (tertiary/aromatic N) is 3. The molecule has 2 aromatic carbocycles. The van der Waals surface area contributed by atoms with Gasteiger partial charge in [0.25, 0.3) is 10.0 Å². The number of carbonyl (C=O) groups excluding carboxylic acids is 1. The fourth-order valence-corrected chi connectivity index (χ4v) is 6.09. The normalized spacial score (nSPS) is 14.4. The average molecular weight is 514 g/mol. The summed E-state index contributed by atoms with van der Waals surface area (Å²) in [6.45, 7) is 2.45. The fraction of sp³-hybridized carbons (Fsp3) is 0.250. The molecule has 1 amide bonds. The predicted molar refractivity (Wildman–Crippen MR) is 135 cm³/mol. The number of sulfonamides is 1. The molecular formula is C24H24FN5O3S2. The Hall–Kier alpha value is -3.44. The van der Waals surface area contributed by atoms with Gasteiger partial charge in [0, 0.05) is 67.0 Å². The molecule has 8 nitrogen and oxygen atoms in total. The van der Waals surface area contributed by atoms with Crippen molar-refractivity contribution in [3.8, 4) is 0 Å². The zero-order valence-corrected chi connectivity index (χ0v) is 20.4. The first-order valence-electron chi connectivity index (χ1n) is 11.2. The third-order valence-electron chi connectivity index (χ3n) is 6.14. The molecule has 3 heterocycles. The van der Waals surface area contributed by atoms with Gasteiger partial charge in [-0.15, -0.1) is 11.3 Å². The second-order valence-electron chi connectivity index (χ2n) is 8.28. The van der Waals surface area contributed by atoms with E-state index in [0.29, 0.717) is 49.5 Å². The number of H-pyrrole nitrogens is 1. The molecule has 0 atom stereocenters. The number of piperazine rings is 1. The summed E-state index contributed by atoms with van der Waals surface area (Å²) in [6, 6.07) is 11.6. The number of benzene rings is 2. The van der Waals surface area contributed by atoms with E-state index in [1.54, 1.807) is 41.9 Å². The summed E-state index contributed by atoms with van der Waals surface area (Å²) in [5.41, 5.74) is 2.45. The first kappa shape index (κ1) is 23.3. The molecule has 1 aliphatic heterocycles. The number of carbonyl (C=O) groups is 1. The van der Waals surface area contributed by atoms with Crippen molar-refractivity contribution in [2.24, 2.45) is 0 Å². The van der Waals surface area contributed by atoms with Crippen molar-refractivity contribution in [3.63, 3.8) is 0 Å². The van der Waals surface area contributed by atoms with Crippen molar-refractivity contribution >= 4 is 49.0 Å². The lowest BCUT2D eigenvalue weighted by Crippen LogP contribution is -2.48. The quantitative estimate of drug-likeness (QED) is 0.391. The highest BCUT2D eigenvalue weighted by Crippen LogP contribution is 2.24. The molecule has 2 aromatic heterocycles. The minimum absolute atomic E-state index is 0.0463. The highest BCUT2D eigenvalue weighted by atomic mass is 32.2. The molecule has 0 saturated carbocycles. The molecule has 5 rings (SSSR count). The van der Waals surface area contributed by atoms with Crippen LogP contribution < -0.4 is 9.62 Å². The van der Waals surface area contributed by atoms with Crippen molar-refractivity contribution in [2.45, 2.75) is 17.7 Å². The van der Waals surface area contributed by atoms with E-state index in [1.165, 1.54) is 23.6 Å². The Kier molecular flexibility index (Phi) is 6.44. The summed E-state index contributed by atoms with van der Waals surface area (Å²) in [5.74, 6) is -0.234. The SMILES string of the molecule is O=C(CCc1c[nH]c2cccc(F)c12)N1CCN(c2ccc(S(=O)(=O)Nc3nccs3)cc2)CC1. The molecule has 0 bridgehead atoms. The van der Waals surface area contributed by atoms with Crippen LogP contribution in [0.4, 0.5) is 15.2 Å². The van der Waals surface area contributed by atoms with Crippen LogP contribution in [-0.2, 0) is 21.2 Å². The summed E-state index contributed by atoms with van der Waals surface area (Å²) in [7, 11) is -3.69. The van der Waals surface area contributed by atoms with Gasteiger partial charge in [-0.3, -0.25) is 9.52 Å². The third-order valence-corrected chi connectivity index (χ3v) is 8.32. The summed E-state index contributed by atoms with van der Waals surface area (Å²) in [5, 5.41) is 2.58. The van der Waals surface area contributed by atoms with E-state index in [1.807, 2.05) is 11.0 Å². The molecule has 11 heteroatoms. The van der Waals surface area contributed by atoms with Crippen molar-refractivity contribution in [2.75, 3.05) is 35.8 Å². The van der Waals surface area contributed by atoms with Gasteiger partial charge in [-0.1, -0.05) is 6.07 Å². The molecule has 0 unspecified atom stereocenters. The Labute approximate surface area is 206 Å². The second-order valence-corrected chi connectivity index (χ2v) is 10.9. The zero-order valence-electron chi connectivity index (χ0n) is 18.8. The van der Waals surface area contributed by atoms with Crippen molar-refractivity contribution in [1.29, 1.82) is 0 Å². The minimum atomic E-state index is -3.69. The van der Waals surface area contributed by atoms with Crippen LogP contribution in [0.15, 0.2) is 65.1 Å². The van der Waals surface area contributed by atoms with E-state index in [4.69, 9.17) is 0 Å². The largest absolute Gasteiger partial charge is 0.368 e. The van der Waals surface area contributed by atoms with Crippen molar-refractivity contribution in [3.05, 3.63) is 71.6 Å². The van der Waals surface area contributed by atoms with E-state index in [9.17, 15) is 17.6 Å². The number of hydrogen-bond acceptors (Lipinski definition) is 6. The number of thiazole rings is 1. The lowest BCUT2D eigenvalue weighted by molar-refractivity contribution is -0.131. The molecule has 0 aliphatic carbocycles. The number of amides is 1.